The van der Waals surface area contributed by atoms with E-state index >= 15 is 0 Å². The number of hydrogen-bond donors (Lipinski definition) is 1. The molecule has 1 aromatic heterocycles. The van der Waals surface area contributed by atoms with Gasteiger partial charge in [-0.05, 0) is 13.1 Å². The number of nitro groups is 1. The van der Waals surface area contributed by atoms with Gasteiger partial charge in [-0.15, -0.1) is 10.2 Å². The normalized spacial score (nSPS) is 10.6. The standard InChI is InChI=1S/C11H11ClN4O3/c1-13-6-5-9-14-15-11(19-9)10-7(12)3-2-4-8(10)16(17)18/h2-4,13H,5-6H2,1H3. The van der Waals surface area contributed by atoms with E-state index in [4.69, 9.17) is 16.0 Å². The predicted octanol–water partition coefficient (Wildman–Crippen LogP) is 2.06. The van der Waals surface area contributed by atoms with Crippen molar-refractivity contribution < 1.29 is 9.34 Å². The van der Waals surface area contributed by atoms with Crippen LogP contribution in [0.15, 0.2) is 22.6 Å². The molecule has 1 N–H and O–H groups in total. The van der Waals surface area contributed by atoms with Crippen LogP contribution >= 0.6 is 11.6 Å². The number of nitrogens with one attached hydrogen (secondary N) is 1. The Hall–Kier alpha value is -1.99. The summed E-state index contributed by atoms with van der Waals surface area (Å²) in [5.74, 6) is 0.460. The third-order valence-electron chi connectivity index (χ3n) is 2.46. The monoisotopic (exact) mass is 282 g/mol. The van der Waals surface area contributed by atoms with Gasteiger partial charge in [0.1, 0.15) is 5.56 Å². The van der Waals surface area contributed by atoms with Crippen molar-refractivity contribution in [2.45, 2.75) is 6.42 Å². The van der Waals surface area contributed by atoms with Crippen molar-refractivity contribution in [2.24, 2.45) is 0 Å². The number of benzene rings is 1. The van der Waals surface area contributed by atoms with Gasteiger partial charge in [0.15, 0.2) is 0 Å². The minimum atomic E-state index is -0.529. The molecule has 0 saturated heterocycles. The van der Waals surface area contributed by atoms with Crippen LogP contribution in [0.5, 0.6) is 0 Å². The molecule has 0 radical (unpaired) electrons. The molecule has 7 nitrogen and oxygen atoms in total. The van der Waals surface area contributed by atoms with E-state index in [1.807, 2.05) is 0 Å². The second kappa shape index (κ2) is 5.77. The van der Waals surface area contributed by atoms with Crippen LogP contribution in [0.25, 0.3) is 11.5 Å². The molecule has 0 aliphatic rings. The molecule has 0 unspecified atom stereocenters. The second-order valence-corrected chi connectivity index (χ2v) is 4.15. The van der Waals surface area contributed by atoms with Crippen LogP contribution in [-0.4, -0.2) is 28.7 Å². The summed E-state index contributed by atoms with van der Waals surface area (Å²) in [7, 11) is 1.80. The molecule has 1 aromatic carbocycles. The number of aromatic nitrogens is 2. The SMILES string of the molecule is CNCCc1nnc(-c2c(Cl)cccc2[N+](=O)[O-])o1. The van der Waals surface area contributed by atoms with E-state index in [0.717, 1.165) is 0 Å². The van der Waals surface area contributed by atoms with Crippen LogP contribution in [-0.2, 0) is 6.42 Å². The molecule has 2 rings (SSSR count). The summed E-state index contributed by atoms with van der Waals surface area (Å²) >= 11 is 5.98. The van der Waals surface area contributed by atoms with Gasteiger partial charge in [0.05, 0.1) is 9.95 Å². The number of nitro benzene ring substituents is 1. The molecule has 0 saturated carbocycles. The Bertz CT molecular complexity index is 599. The third kappa shape index (κ3) is 2.88. The zero-order valence-electron chi connectivity index (χ0n) is 10.1. The Morgan fingerprint density at radius 1 is 1.47 bits per heavy atom. The molecule has 100 valence electrons. The highest BCUT2D eigenvalue weighted by molar-refractivity contribution is 6.33. The highest BCUT2D eigenvalue weighted by Gasteiger charge is 2.23. The van der Waals surface area contributed by atoms with Gasteiger partial charge in [0.2, 0.25) is 5.89 Å². The van der Waals surface area contributed by atoms with Crippen molar-refractivity contribution in [3.8, 4) is 11.5 Å². The average Bonchev–Trinajstić information content (AvgIpc) is 2.84. The first kappa shape index (κ1) is 13.4. The largest absolute Gasteiger partial charge is 0.420 e. The lowest BCUT2D eigenvalue weighted by molar-refractivity contribution is -0.384. The smallest absolute Gasteiger partial charge is 0.283 e. The summed E-state index contributed by atoms with van der Waals surface area (Å²) < 4.78 is 5.39. The average molecular weight is 283 g/mol. The lowest BCUT2D eigenvalue weighted by atomic mass is 10.2. The van der Waals surface area contributed by atoms with Gasteiger partial charge in [0, 0.05) is 19.0 Å². The molecular formula is C11H11ClN4O3. The fraction of sp³-hybridized carbons (Fsp3) is 0.273. The molecule has 19 heavy (non-hydrogen) atoms. The van der Waals surface area contributed by atoms with Crippen LogP contribution in [0, 0.1) is 10.1 Å². The van der Waals surface area contributed by atoms with E-state index in [9.17, 15) is 10.1 Å². The van der Waals surface area contributed by atoms with Gasteiger partial charge in [0.25, 0.3) is 11.6 Å². The Morgan fingerprint density at radius 2 is 2.26 bits per heavy atom. The maximum absolute atomic E-state index is 11.0. The van der Waals surface area contributed by atoms with E-state index in [1.54, 1.807) is 13.1 Å². The molecule has 0 fully saturated rings. The van der Waals surface area contributed by atoms with Crippen molar-refractivity contribution in [3.05, 3.63) is 39.2 Å². The van der Waals surface area contributed by atoms with Crippen molar-refractivity contribution >= 4 is 17.3 Å². The summed E-state index contributed by atoms with van der Waals surface area (Å²) in [6.07, 6.45) is 0.543. The van der Waals surface area contributed by atoms with E-state index in [0.29, 0.717) is 18.9 Å². The van der Waals surface area contributed by atoms with Crippen LogP contribution in [0.1, 0.15) is 5.89 Å². The first-order chi connectivity index (χ1) is 9.13. The molecule has 0 spiro atoms. The topological polar surface area (TPSA) is 94.1 Å². The zero-order chi connectivity index (χ0) is 13.8. The molecule has 0 aliphatic carbocycles. The van der Waals surface area contributed by atoms with E-state index in [2.05, 4.69) is 15.5 Å². The number of rotatable bonds is 5. The first-order valence-electron chi connectivity index (χ1n) is 5.53. The zero-order valence-corrected chi connectivity index (χ0v) is 10.8. The van der Waals surface area contributed by atoms with E-state index in [1.165, 1.54) is 12.1 Å². The Kier molecular flexibility index (Phi) is 4.08. The van der Waals surface area contributed by atoms with Crippen molar-refractivity contribution in [1.29, 1.82) is 0 Å². The summed E-state index contributed by atoms with van der Waals surface area (Å²) in [6, 6.07) is 4.39. The lowest BCUT2D eigenvalue weighted by Gasteiger charge is -2.00. The quantitative estimate of drug-likeness (QED) is 0.666. The Balaban J connectivity index is 2.41. The number of hydrogen-bond acceptors (Lipinski definition) is 6. The van der Waals surface area contributed by atoms with Crippen molar-refractivity contribution in [3.63, 3.8) is 0 Å². The van der Waals surface area contributed by atoms with E-state index < -0.39 is 4.92 Å². The lowest BCUT2D eigenvalue weighted by Crippen LogP contribution is -2.10. The predicted molar refractivity (Wildman–Crippen MR) is 69.0 cm³/mol. The number of nitrogens with zero attached hydrogens (tertiary/aromatic N) is 3. The molecule has 0 amide bonds. The molecule has 0 aliphatic heterocycles. The van der Waals surface area contributed by atoms with Crippen LogP contribution < -0.4 is 5.32 Å². The maximum atomic E-state index is 11.0. The number of likely N-dealkylation sites (N-methyl/N-ethyl adjacent to an activating group) is 1. The van der Waals surface area contributed by atoms with Gasteiger partial charge in [-0.2, -0.15) is 0 Å². The van der Waals surface area contributed by atoms with Crippen molar-refractivity contribution in [1.82, 2.24) is 15.5 Å². The highest BCUT2D eigenvalue weighted by Crippen LogP contribution is 2.35. The Labute approximate surface area is 113 Å². The molecule has 8 heteroatoms. The van der Waals surface area contributed by atoms with Gasteiger partial charge < -0.3 is 9.73 Å². The summed E-state index contributed by atoms with van der Waals surface area (Å²) in [5, 5.41) is 21.8. The summed E-state index contributed by atoms with van der Waals surface area (Å²) in [4.78, 5) is 10.4. The maximum Gasteiger partial charge on any atom is 0.283 e. The summed E-state index contributed by atoms with van der Waals surface area (Å²) in [6.45, 7) is 0.673. The molecule has 0 bridgehead atoms. The molecule has 2 aromatic rings. The fourth-order valence-electron chi connectivity index (χ4n) is 1.56. The highest BCUT2D eigenvalue weighted by atomic mass is 35.5. The molecule has 1 heterocycles. The fourth-order valence-corrected chi connectivity index (χ4v) is 1.81. The van der Waals surface area contributed by atoms with Crippen LogP contribution in [0.4, 0.5) is 5.69 Å². The minimum absolute atomic E-state index is 0.0587. The van der Waals surface area contributed by atoms with Gasteiger partial charge in [-0.25, -0.2) is 0 Å². The second-order valence-electron chi connectivity index (χ2n) is 3.75. The van der Waals surface area contributed by atoms with Crippen LogP contribution in [0.3, 0.4) is 0 Å². The summed E-state index contributed by atoms with van der Waals surface area (Å²) in [5.41, 5.74) is -0.00584. The minimum Gasteiger partial charge on any atom is -0.420 e. The van der Waals surface area contributed by atoms with Gasteiger partial charge >= 0.3 is 0 Å². The van der Waals surface area contributed by atoms with Gasteiger partial charge in [-0.1, -0.05) is 17.7 Å². The van der Waals surface area contributed by atoms with Crippen molar-refractivity contribution in [2.75, 3.05) is 13.6 Å². The number of halogens is 1. The molecular weight excluding hydrogens is 272 g/mol. The molecule has 0 atom stereocenters. The Morgan fingerprint density at radius 3 is 2.95 bits per heavy atom. The van der Waals surface area contributed by atoms with E-state index in [-0.39, 0.29) is 22.2 Å². The van der Waals surface area contributed by atoms with Crippen LogP contribution in [0.2, 0.25) is 5.02 Å². The van der Waals surface area contributed by atoms with Gasteiger partial charge in [-0.3, -0.25) is 10.1 Å². The third-order valence-corrected chi connectivity index (χ3v) is 2.77. The first-order valence-corrected chi connectivity index (χ1v) is 5.91.